The zero-order chi connectivity index (χ0) is 20.0. The largest absolute Gasteiger partial charge is 0.351 e. The second kappa shape index (κ2) is 9.03. The van der Waals surface area contributed by atoms with Crippen molar-refractivity contribution in [2.45, 2.75) is 57.7 Å². The Hall–Kier alpha value is -2.35. The molecule has 27 heavy (non-hydrogen) atoms. The van der Waals surface area contributed by atoms with Crippen molar-refractivity contribution in [2.24, 2.45) is 5.73 Å². The van der Waals surface area contributed by atoms with Gasteiger partial charge in [-0.25, -0.2) is 4.79 Å². The molecule has 7 nitrogen and oxygen atoms in total. The van der Waals surface area contributed by atoms with E-state index in [-0.39, 0.29) is 17.7 Å². The Bertz CT molecular complexity index is 793. The highest BCUT2D eigenvalue weighted by atomic mass is 32.2. The van der Waals surface area contributed by atoms with Gasteiger partial charge in [0.05, 0.1) is 0 Å². The molecule has 146 valence electrons. The van der Waals surface area contributed by atoms with Gasteiger partial charge in [0.2, 0.25) is 5.91 Å². The van der Waals surface area contributed by atoms with Crippen molar-refractivity contribution < 1.29 is 9.59 Å². The van der Waals surface area contributed by atoms with Crippen molar-refractivity contribution >= 4 is 23.7 Å². The summed E-state index contributed by atoms with van der Waals surface area (Å²) in [6.07, 6.45) is 0.868. The molecule has 0 bridgehead atoms. The number of hydrogen-bond donors (Lipinski definition) is 2. The standard InChI is InChI=1S/C19H27N5O2S/c1-5-24-16(13-8-10-14(11-9-13)19(2,3)4)22-23-18(24)27-12-6-7-15(25)21-17(20)26/h8-11H,5-7,12H2,1-4H3,(H3,20,21,25,26). The van der Waals surface area contributed by atoms with Gasteiger partial charge in [-0.3, -0.25) is 10.1 Å². The van der Waals surface area contributed by atoms with E-state index in [9.17, 15) is 9.59 Å². The number of carbonyl (C=O) groups is 2. The summed E-state index contributed by atoms with van der Waals surface area (Å²) in [7, 11) is 0. The summed E-state index contributed by atoms with van der Waals surface area (Å²) in [5.41, 5.74) is 7.34. The molecular formula is C19H27N5O2S. The fraction of sp³-hybridized carbons (Fsp3) is 0.474. The maximum absolute atomic E-state index is 11.4. The quantitative estimate of drug-likeness (QED) is 0.558. The number of imide groups is 1. The smallest absolute Gasteiger partial charge is 0.318 e. The Morgan fingerprint density at radius 1 is 1.19 bits per heavy atom. The van der Waals surface area contributed by atoms with Crippen molar-refractivity contribution in [3.8, 4) is 11.4 Å². The number of benzene rings is 1. The number of nitrogens with zero attached hydrogens (tertiary/aromatic N) is 3. The molecule has 8 heteroatoms. The average Bonchev–Trinajstić information content (AvgIpc) is 3.00. The number of carbonyl (C=O) groups excluding carboxylic acids is 2. The molecule has 0 aliphatic rings. The first kappa shape index (κ1) is 21.0. The topological polar surface area (TPSA) is 103 Å². The minimum Gasteiger partial charge on any atom is -0.351 e. The summed E-state index contributed by atoms with van der Waals surface area (Å²) < 4.78 is 2.07. The van der Waals surface area contributed by atoms with Crippen LogP contribution in [0.2, 0.25) is 0 Å². The van der Waals surface area contributed by atoms with Gasteiger partial charge in [0, 0.05) is 24.3 Å². The lowest BCUT2D eigenvalue weighted by molar-refractivity contribution is -0.119. The number of urea groups is 1. The van der Waals surface area contributed by atoms with Crippen molar-refractivity contribution in [3.05, 3.63) is 29.8 Å². The van der Waals surface area contributed by atoms with Crippen LogP contribution in [0.3, 0.4) is 0 Å². The van der Waals surface area contributed by atoms with E-state index in [0.717, 1.165) is 23.1 Å². The van der Waals surface area contributed by atoms with Gasteiger partial charge in [-0.15, -0.1) is 10.2 Å². The van der Waals surface area contributed by atoms with Crippen LogP contribution in [0.15, 0.2) is 29.4 Å². The van der Waals surface area contributed by atoms with E-state index in [1.165, 1.54) is 5.56 Å². The highest BCUT2D eigenvalue weighted by molar-refractivity contribution is 7.99. The third-order valence-corrected chi connectivity index (χ3v) is 5.14. The fourth-order valence-corrected chi connectivity index (χ4v) is 3.55. The summed E-state index contributed by atoms with van der Waals surface area (Å²) >= 11 is 1.55. The molecule has 1 aromatic carbocycles. The van der Waals surface area contributed by atoms with E-state index in [1.807, 2.05) is 0 Å². The Labute approximate surface area is 164 Å². The molecular weight excluding hydrogens is 362 g/mol. The monoisotopic (exact) mass is 389 g/mol. The lowest BCUT2D eigenvalue weighted by atomic mass is 9.87. The predicted molar refractivity (Wildman–Crippen MR) is 108 cm³/mol. The first-order valence-corrected chi connectivity index (χ1v) is 9.97. The third kappa shape index (κ3) is 5.82. The first-order valence-electron chi connectivity index (χ1n) is 8.98. The summed E-state index contributed by atoms with van der Waals surface area (Å²) in [6.45, 7) is 9.38. The summed E-state index contributed by atoms with van der Waals surface area (Å²) in [6, 6.07) is 7.61. The van der Waals surface area contributed by atoms with Crippen molar-refractivity contribution in [1.82, 2.24) is 20.1 Å². The van der Waals surface area contributed by atoms with Crippen LogP contribution >= 0.6 is 11.8 Å². The van der Waals surface area contributed by atoms with Crippen LogP contribution in [0, 0.1) is 0 Å². The molecule has 1 heterocycles. The van der Waals surface area contributed by atoms with Crippen LogP contribution in [-0.2, 0) is 16.8 Å². The molecule has 2 aromatic rings. The van der Waals surface area contributed by atoms with Gasteiger partial charge in [-0.1, -0.05) is 56.8 Å². The fourth-order valence-electron chi connectivity index (χ4n) is 2.61. The van der Waals surface area contributed by atoms with Gasteiger partial charge in [-0.05, 0) is 24.3 Å². The Balaban J connectivity index is 2.02. The van der Waals surface area contributed by atoms with Crippen molar-refractivity contribution in [1.29, 1.82) is 0 Å². The van der Waals surface area contributed by atoms with Crippen LogP contribution in [-0.4, -0.2) is 32.5 Å². The van der Waals surface area contributed by atoms with Gasteiger partial charge in [0.15, 0.2) is 11.0 Å². The van der Waals surface area contributed by atoms with Crippen LogP contribution < -0.4 is 11.1 Å². The molecule has 0 aliphatic heterocycles. The van der Waals surface area contributed by atoms with Gasteiger partial charge >= 0.3 is 6.03 Å². The molecule has 0 atom stereocenters. The number of nitrogens with one attached hydrogen (secondary N) is 1. The van der Waals surface area contributed by atoms with Crippen LogP contribution in [0.4, 0.5) is 4.79 Å². The van der Waals surface area contributed by atoms with Crippen LogP contribution in [0.25, 0.3) is 11.4 Å². The van der Waals surface area contributed by atoms with Gasteiger partial charge in [0.1, 0.15) is 0 Å². The van der Waals surface area contributed by atoms with Gasteiger partial charge in [0.25, 0.3) is 0 Å². The number of amides is 3. The summed E-state index contributed by atoms with van der Waals surface area (Å²) in [5.74, 6) is 1.18. The van der Waals surface area contributed by atoms with E-state index in [0.29, 0.717) is 12.2 Å². The molecule has 0 spiro atoms. The number of nitrogens with two attached hydrogens (primary N) is 1. The second-order valence-electron chi connectivity index (χ2n) is 7.24. The molecule has 0 saturated carbocycles. The SMILES string of the molecule is CCn1c(SCCCC(=O)NC(N)=O)nnc1-c1ccc(C(C)(C)C)cc1. The maximum Gasteiger partial charge on any atom is 0.318 e. The number of aromatic nitrogens is 3. The molecule has 0 fully saturated rings. The Morgan fingerprint density at radius 3 is 2.41 bits per heavy atom. The number of thioether (sulfide) groups is 1. The molecule has 0 unspecified atom stereocenters. The van der Waals surface area contributed by atoms with Crippen LogP contribution in [0.1, 0.15) is 46.1 Å². The number of primary amides is 1. The molecule has 3 amide bonds. The number of hydrogen-bond acceptors (Lipinski definition) is 5. The maximum atomic E-state index is 11.4. The summed E-state index contributed by atoms with van der Waals surface area (Å²) in [5, 5.41) is 11.5. The second-order valence-corrected chi connectivity index (χ2v) is 8.30. The average molecular weight is 390 g/mol. The molecule has 0 aliphatic carbocycles. The normalized spacial score (nSPS) is 11.4. The van der Waals surface area contributed by atoms with Gasteiger partial charge < -0.3 is 10.3 Å². The molecule has 3 N–H and O–H groups in total. The Morgan fingerprint density at radius 2 is 1.85 bits per heavy atom. The lowest BCUT2D eigenvalue weighted by Crippen LogP contribution is -2.34. The van der Waals surface area contributed by atoms with E-state index < -0.39 is 6.03 Å². The zero-order valence-corrected chi connectivity index (χ0v) is 17.1. The highest BCUT2D eigenvalue weighted by Crippen LogP contribution is 2.27. The van der Waals surface area contributed by atoms with E-state index in [1.54, 1.807) is 11.8 Å². The van der Waals surface area contributed by atoms with Crippen molar-refractivity contribution in [2.75, 3.05) is 5.75 Å². The van der Waals surface area contributed by atoms with Crippen molar-refractivity contribution in [3.63, 3.8) is 0 Å². The molecule has 0 radical (unpaired) electrons. The summed E-state index contributed by atoms with van der Waals surface area (Å²) in [4.78, 5) is 22.0. The number of rotatable bonds is 7. The molecule has 1 aromatic heterocycles. The zero-order valence-electron chi connectivity index (χ0n) is 16.3. The van der Waals surface area contributed by atoms with Crippen LogP contribution in [0.5, 0.6) is 0 Å². The molecule has 0 saturated heterocycles. The minimum atomic E-state index is -0.819. The third-order valence-electron chi connectivity index (χ3n) is 4.08. The lowest BCUT2D eigenvalue weighted by Gasteiger charge is -2.19. The molecule has 2 rings (SSSR count). The minimum absolute atomic E-state index is 0.110. The highest BCUT2D eigenvalue weighted by Gasteiger charge is 2.16. The predicted octanol–water partition coefficient (Wildman–Crippen LogP) is 3.33. The van der Waals surface area contributed by atoms with E-state index >= 15 is 0 Å². The van der Waals surface area contributed by atoms with E-state index in [4.69, 9.17) is 5.73 Å². The van der Waals surface area contributed by atoms with Gasteiger partial charge in [-0.2, -0.15) is 0 Å². The van der Waals surface area contributed by atoms with E-state index in [2.05, 4.69) is 72.0 Å². The Kier molecular flexibility index (Phi) is 7.01. The first-order chi connectivity index (χ1) is 12.7.